The van der Waals surface area contributed by atoms with Crippen LogP contribution < -0.4 is 15.8 Å². The van der Waals surface area contributed by atoms with Crippen molar-refractivity contribution in [1.29, 1.82) is 0 Å². The molecule has 8 nitrogen and oxygen atoms in total. The minimum absolute atomic E-state index is 0.0470. The van der Waals surface area contributed by atoms with Gasteiger partial charge in [0.2, 0.25) is 0 Å². The first kappa shape index (κ1) is 23.2. The molecule has 1 aromatic heterocycles. The van der Waals surface area contributed by atoms with Crippen molar-refractivity contribution in [3.63, 3.8) is 0 Å². The number of amides is 1. The quantitative estimate of drug-likeness (QED) is 0.439. The molecule has 3 aromatic rings. The number of fused-ring (bicyclic) bond motifs is 1. The second-order valence-electron chi connectivity index (χ2n) is 10.1. The Balaban J connectivity index is 1.27. The van der Waals surface area contributed by atoms with E-state index in [1.54, 1.807) is 0 Å². The van der Waals surface area contributed by atoms with Gasteiger partial charge in [0.15, 0.2) is 0 Å². The van der Waals surface area contributed by atoms with Gasteiger partial charge in [0.1, 0.15) is 24.8 Å². The van der Waals surface area contributed by atoms with Crippen LogP contribution in [0.15, 0.2) is 42.5 Å². The van der Waals surface area contributed by atoms with Crippen LogP contribution in [0.5, 0.6) is 5.75 Å². The Labute approximate surface area is 210 Å². The maximum atomic E-state index is 12.3. The number of benzene rings is 2. The van der Waals surface area contributed by atoms with Gasteiger partial charge in [0, 0.05) is 28.7 Å². The van der Waals surface area contributed by atoms with E-state index in [0.717, 1.165) is 59.3 Å². The van der Waals surface area contributed by atoms with E-state index >= 15 is 0 Å². The Morgan fingerprint density at radius 1 is 1.08 bits per heavy atom. The fraction of sp³-hybridized carbons (Fsp3) is 0.464. The number of carbonyl (C=O) groups is 1. The first-order chi connectivity index (χ1) is 17.6. The largest absolute Gasteiger partial charge is 0.486 e. The number of nitrogens with two attached hydrogens (primary N) is 1. The minimum atomic E-state index is -0.411. The van der Waals surface area contributed by atoms with E-state index in [4.69, 9.17) is 24.7 Å². The average molecular weight is 492 g/mol. The number of nitrogen functional groups attached to an aromatic ring is 1. The number of carbonyl (C=O) groups excluding carboxylic acids is 1. The predicted molar refractivity (Wildman–Crippen MR) is 138 cm³/mol. The van der Waals surface area contributed by atoms with Crippen LogP contribution in [-0.2, 0) is 14.2 Å². The van der Waals surface area contributed by atoms with Crippen molar-refractivity contribution in [3.8, 4) is 17.0 Å². The highest BCUT2D eigenvalue weighted by Crippen LogP contribution is 2.45. The van der Waals surface area contributed by atoms with Gasteiger partial charge in [-0.25, -0.2) is 4.79 Å². The second kappa shape index (κ2) is 9.67. The van der Waals surface area contributed by atoms with Crippen LogP contribution >= 0.6 is 0 Å². The molecule has 0 spiro atoms. The Hall–Kier alpha value is -3.23. The molecule has 3 fully saturated rings. The summed E-state index contributed by atoms with van der Waals surface area (Å²) in [7, 11) is 0. The van der Waals surface area contributed by atoms with E-state index in [9.17, 15) is 4.79 Å². The van der Waals surface area contributed by atoms with Crippen LogP contribution in [0.3, 0.4) is 0 Å². The summed E-state index contributed by atoms with van der Waals surface area (Å²) in [6.45, 7) is 3.30. The SMILES string of the molecule is C[C@@H](OC(=O)Nc1ccc(-c2c(N)c3ccc(OC4COCOC4)cc3n2C2CCC2)cc1)C1CC1. The molecule has 1 saturated heterocycles. The highest BCUT2D eigenvalue weighted by molar-refractivity contribution is 6.01. The average Bonchev–Trinajstić information content (AvgIpc) is 3.66. The molecule has 3 aliphatic rings. The number of anilines is 2. The fourth-order valence-electron chi connectivity index (χ4n) is 5.12. The normalized spacial score (nSPS) is 19.6. The maximum Gasteiger partial charge on any atom is 0.411 e. The molecular weight excluding hydrogens is 458 g/mol. The van der Waals surface area contributed by atoms with E-state index in [1.165, 1.54) is 6.42 Å². The number of rotatable bonds is 7. The van der Waals surface area contributed by atoms with Crippen molar-refractivity contribution < 1.29 is 23.7 Å². The summed E-state index contributed by atoms with van der Waals surface area (Å²) in [5.74, 6) is 1.29. The van der Waals surface area contributed by atoms with Gasteiger partial charge in [0.05, 0.1) is 30.1 Å². The van der Waals surface area contributed by atoms with Crippen LogP contribution in [-0.4, -0.2) is 42.9 Å². The summed E-state index contributed by atoms with van der Waals surface area (Å²) in [5, 5.41) is 3.86. The minimum Gasteiger partial charge on any atom is -0.486 e. The Morgan fingerprint density at radius 2 is 1.83 bits per heavy atom. The van der Waals surface area contributed by atoms with Crippen molar-refractivity contribution >= 4 is 28.4 Å². The highest BCUT2D eigenvalue weighted by atomic mass is 16.7. The predicted octanol–water partition coefficient (Wildman–Crippen LogP) is 5.71. The van der Waals surface area contributed by atoms with Crippen molar-refractivity contribution in [2.75, 3.05) is 31.1 Å². The van der Waals surface area contributed by atoms with Crippen molar-refractivity contribution in [2.45, 2.75) is 57.3 Å². The van der Waals surface area contributed by atoms with Gasteiger partial charge in [-0.2, -0.15) is 0 Å². The van der Waals surface area contributed by atoms with Crippen LogP contribution in [0.2, 0.25) is 0 Å². The van der Waals surface area contributed by atoms with Crippen molar-refractivity contribution in [1.82, 2.24) is 4.57 Å². The zero-order valence-corrected chi connectivity index (χ0v) is 20.6. The van der Waals surface area contributed by atoms with Crippen molar-refractivity contribution in [2.24, 2.45) is 5.92 Å². The van der Waals surface area contributed by atoms with E-state index in [2.05, 4.69) is 16.0 Å². The molecule has 1 amide bonds. The summed E-state index contributed by atoms with van der Waals surface area (Å²) in [6.07, 6.45) is 5.14. The lowest BCUT2D eigenvalue weighted by Crippen LogP contribution is -2.33. The number of ether oxygens (including phenoxy) is 4. The molecule has 8 heteroatoms. The van der Waals surface area contributed by atoms with E-state index in [1.807, 2.05) is 43.3 Å². The second-order valence-corrected chi connectivity index (χ2v) is 10.1. The van der Waals surface area contributed by atoms with Crippen LogP contribution in [0, 0.1) is 5.92 Å². The van der Waals surface area contributed by atoms with Crippen LogP contribution in [0.1, 0.15) is 45.1 Å². The third-order valence-electron chi connectivity index (χ3n) is 7.52. The van der Waals surface area contributed by atoms with Gasteiger partial charge in [-0.05, 0) is 69.2 Å². The standard InChI is InChI=1S/C28H33N3O5/c1-17(18-5-6-18)35-28(32)30-20-9-7-19(8-10-20)27-26(29)24-12-11-22(36-23-14-33-16-34-15-23)13-25(24)31(27)21-3-2-4-21/h7-13,17-18,21,23H,2-6,14-16,29H2,1H3,(H,30,32)/t17-/m1/s1. The number of aromatic nitrogens is 1. The monoisotopic (exact) mass is 491 g/mol. The number of hydrogen-bond acceptors (Lipinski definition) is 6. The molecule has 2 aliphatic carbocycles. The van der Waals surface area contributed by atoms with E-state index in [-0.39, 0.29) is 12.2 Å². The molecule has 2 aromatic carbocycles. The summed E-state index contributed by atoms with van der Waals surface area (Å²) in [5.41, 5.74) is 11.3. The fourth-order valence-corrected chi connectivity index (χ4v) is 5.12. The number of hydrogen-bond donors (Lipinski definition) is 2. The molecule has 6 rings (SSSR count). The lowest BCUT2D eigenvalue weighted by atomic mass is 9.92. The first-order valence-electron chi connectivity index (χ1n) is 12.9. The molecule has 2 saturated carbocycles. The van der Waals surface area contributed by atoms with Gasteiger partial charge in [0.25, 0.3) is 0 Å². The Kier molecular flexibility index (Phi) is 6.23. The van der Waals surface area contributed by atoms with Gasteiger partial charge >= 0.3 is 6.09 Å². The zero-order chi connectivity index (χ0) is 24.6. The highest BCUT2D eigenvalue weighted by Gasteiger charge is 2.31. The summed E-state index contributed by atoms with van der Waals surface area (Å²) in [6, 6.07) is 14.3. The molecule has 36 heavy (non-hydrogen) atoms. The molecule has 1 aliphatic heterocycles. The zero-order valence-electron chi connectivity index (χ0n) is 20.6. The lowest BCUT2D eigenvalue weighted by Gasteiger charge is -2.30. The van der Waals surface area contributed by atoms with E-state index < -0.39 is 6.09 Å². The smallest absolute Gasteiger partial charge is 0.411 e. The first-order valence-corrected chi connectivity index (χ1v) is 12.9. The Bertz CT molecular complexity index is 1240. The number of nitrogens with zero attached hydrogens (tertiary/aromatic N) is 1. The topological polar surface area (TPSA) is 97.0 Å². The van der Waals surface area contributed by atoms with Crippen LogP contribution in [0.4, 0.5) is 16.2 Å². The lowest BCUT2D eigenvalue weighted by molar-refractivity contribution is -0.143. The molecule has 190 valence electrons. The third kappa shape index (κ3) is 4.63. The molecular formula is C28H33N3O5. The number of nitrogens with one attached hydrogen (secondary N) is 1. The summed E-state index contributed by atoms with van der Waals surface area (Å²) in [4.78, 5) is 12.3. The third-order valence-corrected chi connectivity index (χ3v) is 7.52. The Morgan fingerprint density at radius 3 is 2.50 bits per heavy atom. The van der Waals surface area contributed by atoms with Gasteiger partial charge in [-0.15, -0.1) is 0 Å². The molecule has 2 heterocycles. The molecule has 0 bridgehead atoms. The molecule has 0 radical (unpaired) electrons. The maximum absolute atomic E-state index is 12.3. The summed E-state index contributed by atoms with van der Waals surface area (Å²) < 4.78 is 24.7. The van der Waals surface area contributed by atoms with E-state index in [0.29, 0.717) is 37.7 Å². The molecule has 1 atom stereocenters. The molecule has 3 N–H and O–H groups in total. The molecule has 0 unspecified atom stereocenters. The van der Waals surface area contributed by atoms with Crippen LogP contribution in [0.25, 0.3) is 22.2 Å². The van der Waals surface area contributed by atoms with Gasteiger partial charge in [-0.3, -0.25) is 5.32 Å². The summed E-state index contributed by atoms with van der Waals surface area (Å²) >= 11 is 0. The van der Waals surface area contributed by atoms with Gasteiger partial charge < -0.3 is 29.2 Å². The van der Waals surface area contributed by atoms with Crippen molar-refractivity contribution in [3.05, 3.63) is 42.5 Å². The van der Waals surface area contributed by atoms with Gasteiger partial charge in [-0.1, -0.05) is 12.1 Å².